The van der Waals surface area contributed by atoms with Crippen LogP contribution in [0.25, 0.3) is 11.0 Å². The van der Waals surface area contributed by atoms with Crippen molar-refractivity contribution in [3.8, 4) is 5.75 Å². The number of hydrogen-bond acceptors (Lipinski definition) is 5. The molecule has 5 nitrogen and oxygen atoms in total. The van der Waals surface area contributed by atoms with Crippen LogP contribution in [-0.4, -0.2) is 21.9 Å². The Bertz CT molecular complexity index is 945. The van der Waals surface area contributed by atoms with Gasteiger partial charge in [-0.15, -0.1) is 6.58 Å². The maximum atomic E-state index is 12.6. The van der Waals surface area contributed by atoms with Gasteiger partial charge in [0.15, 0.2) is 0 Å². The lowest BCUT2D eigenvalue weighted by Crippen LogP contribution is -2.42. The molecule has 1 aromatic carbocycles. The molecule has 0 unspecified atom stereocenters. The second kappa shape index (κ2) is 5.58. The smallest absolute Gasteiger partial charge is 0.344 e. The zero-order chi connectivity index (χ0) is 18.6. The molecule has 0 aliphatic carbocycles. The molecular weight excluding hydrogens is 320 g/mol. The third kappa shape index (κ3) is 2.69. The molecule has 2 aromatic rings. The van der Waals surface area contributed by atoms with Crippen LogP contribution in [0.4, 0.5) is 0 Å². The van der Waals surface area contributed by atoms with E-state index in [0.29, 0.717) is 22.3 Å². The fourth-order valence-corrected chi connectivity index (χ4v) is 3.11. The van der Waals surface area contributed by atoms with Crippen molar-refractivity contribution in [2.24, 2.45) is 0 Å². The molecule has 25 heavy (non-hydrogen) atoms. The number of benzene rings is 1. The van der Waals surface area contributed by atoms with Gasteiger partial charge in [-0.1, -0.05) is 18.2 Å². The predicted octanol–water partition coefficient (Wildman–Crippen LogP) is 2.95. The molecule has 0 spiro atoms. The minimum absolute atomic E-state index is 0.178. The summed E-state index contributed by atoms with van der Waals surface area (Å²) >= 11 is 0. The lowest BCUT2D eigenvalue weighted by Gasteiger charge is -2.35. The van der Waals surface area contributed by atoms with Gasteiger partial charge in [-0.05, 0) is 45.4 Å². The van der Waals surface area contributed by atoms with Crippen LogP contribution in [0, 0.1) is 6.92 Å². The van der Waals surface area contributed by atoms with Crippen molar-refractivity contribution < 1.29 is 19.4 Å². The summed E-state index contributed by atoms with van der Waals surface area (Å²) in [7, 11) is 0. The molecule has 1 aliphatic heterocycles. The number of rotatable bonds is 3. The Labute approximate surface area is 145 Å². The Kier molecular flexibility index (Phi) is 3.89. The van der Waals surface area contributed by atoms with E-state index in [0.717, 1.165) is 5.56 Å². The predicted molar refractivity (Wildman–Crippen MR) is 95.8 cm³/mol. The average Bonchev–Trinajstić information content (AvgIpc) is 2.52. The van der Waals surface area contributed by atoms with Gasteiger partial charge in [0.1, 0.15) is 23.2 Å². The first kappa shape index (κ1) is 17.5. The fraction of sp³-hybridized carbons (Fsp3) is 0.350. The summed E-state index contributed by atoms with van der Waals surface area (Å²) in [6.45, 7) is 10.5. The van der Waals surface area contributed by atoms with Crippen molar-refractivity contribution in [1.29, 1.82) is 0 Å². The first-order valence-electron chi connectivity index (χ1n) is 8.10. The molecule has 0 radical (unpaired) electrons. The first-order valence-corrected chi connectivity index (χ1v) is 8.10. The topological polar surface area (TPSA) is 79.9 Å². The van der Waals surface area contributed by atoms with E-state index in [9.17, 15) is 15.0 Å². The number of aliphatic hydroxyl groups excluding tert-OH is 1. The lowest BCUT2D eigenvalue weighted by atomic mass is 9.79. The summed E-state index contributed by atoms with van der Waals surface area (Å²) in [4.78, 5) is 12.6. The number of aliphatic hydroxyl groups is 2. The summed E-state index contributed by atoms with van der Waals surface area (Å²) < 4.78 is 11.4. The van der Waals surface area contributed by atoms with Crippen molar-refractivity contribution >= 4 is 11.0 Å². The Morgan fingerprint density at radius 2 is 2.04 bits per heavy atom. The molecule has 132 valence electrons. The van der Waals surface area contributed by atoms with E-state index in [4.69, 9.17) is 9.15 Å². The van der Waals surface area contributed by atoms with E-state index in [2.05, 4.69) is 6.58 Å². The SMILES string of the molecule is C=C[C@@]1(C)C=C([C@H](O)C(C)(C)O)Oc2c1c(=O)oc1cccc(C)c21. The summed E-state index contributed by atoms with van der Waals surface area (Å²) in [5, 5.41) is 21.3. The van der Waals surface area contributed by atoms with Crippen LogP contribution in [0.1, 0.15) is 31.9 Å². The highest BCUT2D eigenvalue weighted by atomic mass is 16.5. The van der Waals surface area contributed by atoms with Gasteiger partial charge in [0.05, 0.1) is 16.6 Å². The van der Waals surface area contributed by atoms with E-state index in [1.165, 1.54) is 13.8 Å². The summed E-state index contributed by atoms with van der Waals surface area (Å²) in [6.07, 6.45) is 1.95. The zero-order valence-corrected chi connectivity index (χ0v) is 14.8. The van der Waals surface area contributed by atoms with Gasteiger partial charge < -0.3 is 19.4 Å². The van der Waals surface area contributed by atoms with E-state index < -0.39 is 22.7 Å². The second-order valence-electron chi connectivity index (χ2n) is 7.23. The number of fused-ring (bicyclic) bond motifs is 3. The number of aryl methyl sites for hydroxylation is 1. The summed E-state index contributed by atoms with van der Waals surface area (Å²) in [6, 6.07) is 5.38. The molecule has 3 rings (SSSR count). The molecule has 0 saturated heterocycles. The fourth-order valence-electron chi connectivity index (χ4n) is 3.11. The van der Waals surface area contributed by atoms with Crippen molar-refractivity contribution in [3.05, 3.63) is 64.2 Å². The minimum atomic E-state index is -1.41. The molecular formula is C20H22O5. The Hall–Kier alpha value is -2.37. The van der Waals surface area contributed by atoms with Crippen LogP contribution in [0.15, 0.2) is 51.9 Å². The maximum Gasteiger partial charge on any atom is 0.344 e. The highest BCUT2D eigenvalue weighted by Gasteiger charge is 2.40. The average molecular weight is 342 g/mol. The van der Waals surface area contributed by atoms with Crippen LogP contribution in [0.3, 0.4) is 0 Å². The number of allylic oxidation sites excluding steroid dienone is 2. The van der Waals surface area contributed by atoms with Gasteiger partial charge in [-0.2, -0.15) is 0 Å². The van der Waals surface area contributed by atoms with Crippen LogP contribution in [-0.2, 0) is 5.41 Å². The van der Waals surface area contributed by atoms with Crippen LogP contribution in [0.5, 0.6) is 5.75 Å². The minimum Gasteiger partial charge on any atom is -0.458 e. The van der Waals surface area contributed by atoms with E-state index >= 15 is 0 Å². The molecule has 0 amide bonds. The van der Waals surface area contributed by atoms with Crippen LogP contribution >= 0.6 is 0 Å². The van der Waals surface area contributed by atoms with Gasteiger partial charge in [0.25, 0.3) is 0 Å². The highest BCUT2D eigenvalue weighted by molar-refractivity contribution is 5.89. The Morgan fingerprint density at radius 3 is 2.64 bits per heavy atom. The third-order valence-corrected chi connectivity index (χ3v) is 4.66. The standard InChI is InChI=1S/C20H22O5/c1-6-20(5)10-13(17(21)19(3,4)23)24-16-14-11(2)8-7-9-12(14)25-18(22)15(16)20/h6-10,17,21,23H,1H2,2-5H3/t17-,20-/m0/s1. The largest absolute Gasteiger partial charge is 0.458 e. The van der Waals surface area contributed by atoms with Gasteiger partial charge in [-0.25, -0.2) is 4.79 Å². The third-order valence-electron chi connectivity index (χ3n) is 4.66. The summed E-state index contributed by atoms with van der Waals surface area (Å²) in [5.74, 6) is 0.519. The molecule has 1 aliphatic rings. The first-order chi connectivity index (χ1) is 11.6. The number of hydrogen-bond donors (Lipinski definition) is 2. The van der Waals surface area contributed by atoms with E-state index in [-0.39, 0.29) is 5.76 Å². The van der Waals surface area contributed by atoms with Crippen molar-refractivity contribution in [1.82, 2.24) is 0 Å². The second-order valence-corrected chi connectivity index (χ2v) is 7.23. The highest BCUT2D eigenvalue weighted by Crippen LogP contribution is 2.43. The quantitative estimate of drug-likeness (QED) is 0.662. The lowest BCUT2D eigenvalue weighted by molar-refractivity contribution is -0.0441. The van der Waals surface area contributed by atoms with E-state index in [1.54, 1.807) is 31.2 Å². The molecule has 5 heteroatoms. The molecule has 0 fully saturated rings. The molecule has 2 heterocycles. The van der Waals surface area contributed by atoms with Crippen molar-refractivity contribution in [2.45, 2.75) is 44.8 Å². The molecule has 0 saturated carbocycles. The van der Waals surface area contributed by atoms with Gasteiger partial charge in [0, 0.05) is 5.41 Å². The maximum absolute atomic E-state index is 12.6. The Morgan fingerprint density at radius 1 is 1.36 bits per heavy atom. The molecule has 2 atom stereocenters. The van der Waals surface area contributed by atoms with Gasteiger partial charge >= 0.3 is 5.63 Å². The monoisotopic (exact) mass is 342 g/mol. The van der Waals surface area contributed by atoms with Crippen LogP contribution < -0.4 is 10.4 Å². The zero-order valence-electron chi connectivity index (χ0n) is 14.8. The van der Waals surface area contributed by atoms with Gasteiger partial charge in [-0.3, -0.25) is 0 Å². The molecule has 2 N–H and O–H groups in total. The Balaban J connectivity index is 2.36. The molecule has 0 bridgehead atoms. The summed E-state index contributed by atoms with van der Waals surface area (Å²) in [5.41, 5.74) is -1.20. The normalized spacial score (nSPS) is 21.3. The van der Waals surface area contributed by atoms with Crippen LogP contribution in [0.2, 0.25) is 0 Å². The molecule has 1 aromatic heterocycles. The number of ether oxygens (including phenoxy) is 1. The van der Waals surface area contributed by atoms with Gasteiger partial charge in [0.2, 0.25) is 0 Å². The van der Waals surface area contributed by atoms with Crippen molar-refractivity contribution in [2.75, 3.05) is 0 Å². The van der Waals surface area contributed by atoms with Crippen molar-refractivity contribution in [3.63, 3.8) is 0 Å². The van der Waals surface area contributed by atoms with E-state index in [1.807, 2.05) is 13.0 Å².